The standard InChI is InChI=1S/C29H48O4/c30-25(14-7-5-10-22-12-9-13-23-11-6-8-15-26(22)23)20-18-24-19-21-28(31)27(24)16-3-1-2-4-17-29(32)33/h18,20,22-27,30H,1-17,19,21H2,(H,32,33)/b20-18+/t22?,23?,24-,25+,26?,27+/m0/s1. The largest absolute Gasteiger partial charge is 0.481 e. The third-order valence-electron chi connectivity index (χ3n) is 8.94. The Kier molecular flexibility index (Phi) is 11.4. The Balaban J connectivity index is 1.30. The second-order valence-electron chi connectivity index (χ2n) is 11.3. The van der Waals surface area contributed by atoms with Crippen molar-refractivity contribution >= 4 is 11.8 Å². The number of aliphatic hydroxyl groups excluding tert-OH is 1. The number of carbonyl (C=O) groups excluding carboxylic acids is 1. The van der Waals surface area contributed by atoms with Gasteiger partial charge in [0, 0.05) is 18.8 Å². The Hall–Kier alpha value is -1.16. The normalized spacial score (nSPS) is 31.1. The van der Waals surface area contributed by atoms with Crippen LogP contribution in [0.25, 0.3) is 0 Å². The molecule has 3 aliphatic rings. The Morgan fingerprint density at radius 3 is 2.52 bits per heavy atom. The van der Waals surface area contributed by atoms with Gasteiger partial charge in [-0.25, -0.2) is 0 Å². The number of aliphatic hydroxyl groups is 1. The van der Waals surface area contributed by atoms with Gasteiger partial charge in [0.2, 0.25) is 0 Å². The van der Waals surface area contributed by atoms with Gasteiger partial charge in [-0.3, -0.25) is 9.59 Å². The van der Waals surface area contributed by atoms with Crippen LogP contribution in [0, 0.1) is 29.6 Å². The van der Waals surface area contributed by atoms with Crippen LogP contribution in [-0.4, -0.2) is 28.1 Å². The first-order valence-corrected chi connectivity index (χ1v) is 14.2. The Morgan fingerprint density at radius 1 is 0.909 bits per heavy atom. The minimum Gasteiger partial charge on any atom is -0.481 e. The van der Waals surface area contributed by atoms with E-state index in [-0.39, 0.29) is 24.4 Å². The number of hydrogen-bond acceptors (Lipinski definition) is 3. The van der Waals surface area contributed by atoms with Crippen LogP contribution in [0.4, 0.5) is 0 Å². The number of carbonyl (C=O) groups is 2. The molecular formula is C29H48O4. The average molecular weight is 461 g/mol. The van der Waals surface area contributed by atoms with E-state index < -0.39 is 5.97 Å². The molecule has 3 aliphatic carbocycles. The monoisotopic (exact) mass is 460 g/mol. The van der Waals surface area contributed by atoms with Crippen LogP contribution in [0.2, 0.25) is 0 Å². The number of carboxylic acid groups (broad SMARTS) is 1. The van der Waals surface area contributed by atoms with Crippen LogP contribution in [-0.2, 0) is 9.59 Å². The van der Waals surface area contributed by atoms with Gasteiger partial charge in [-0.1, -0.05) is 89.2 Å². The fraction of sp³-hybridized carbons (Fsp3) is 0.862. The highest BCUT2D eigenvalue weighted by Gasteiger charge is 2.34. The lowest BCUT2D eigenvalue weighted by Crippen LogP contribution is -2.30. The van der Waals surface area contributed by atoms with Gasteiger partial charge in [-0.15, -0.1) is 0 Å². The molecule has 3 rings (SSSR count). The summed E-state index contributed by atoms with van der Waals surface area (Å²) >= 11 is 0. The van der Waals surface area contributed by atoms with Gasteiger partial charge in [0.15, 0.2) is 0 Å². The SMILES string of the molecule is O=C(O)CCCCCC[C@H]1C(=O)CC[C@@H]1/C=C/[C@H](O)CCCCC1CCCC2CCCCC21. The molecule has 3 unspecified atom stereocenters. The number of rotatable bonds is 14. The topological polar surface area (TPSA) is 74.6 Å². The molecule has 3 fully saturated rings. The predicted octanol–water partition coefficient (Wildman–Crippen LogP) is 7.09. The fourth-order valence-electron chi connectivity index (χ4n) is 7.09. The molecule has 4 nitrogen and oxygen atoms in total. The summed E-state index contributed by atoms with van der Waals surface area (Å²) in [6.07, 6.45) is 24.8. The van der Waals surface area contributed by atoms with Crippen molar-refractivity contribution in [1.82, 2.24) is 0 Å². The second kappa shape index (κ2) is 14.3. The molecule has 0 spiro atoms. The maximum Gasteiger partial charge on any atom is 0.303 e. The van der Waals surface area contributed by atoms with Crippen molar-refractivity contribution in [3.05, 3.63) is 12.2 Å². The van der Waals surface area contributed by atoms with E-state index >= 15 is 0 Å². The second-order valence-corrected chi connectivity index (χ2v) is 11.3. The molecule has 0 aliphatic heterocycles. The molecule has 0 aromatic carbocycles. The molecule has 0 aromatic heterocycles. The number of allylic oxidation sites excluding steroid dienone is 1. The number of fused-ring (bicyclic) bond motifs is 1. The first-order chi connectivity index (χ1) is 16.0. The van der Waals surface area contributed by atoms with Gasteiger partial charge >= 0.3 is 5.97 Å². The zero-order valence-corrected chi connectivity index (χ0v) is 20.8. The molecule has 6 atom stereocenters. The predicted molar refractivity (Wildman–Crippen MR) is 133 cm³/mol. The lowest BCUT2D eigenvalue weighted by atomic mass is 9.64. The van der Waals surface area contributed by atoms with E-state index in [1.807, 2.05) is 6.08 Å². The lowest BCUT2D eigenvalue weighted by molar-refractivity contribution is -0.137. The Bertz CT molecular complexity index is 625. The van der Waals surface area contributed by atoms with Crippen LogP contribution >= 0.6 is 0 Å². The van der Waals surface area contributed by atoms with E-state index in [9.17, 15) is 14.7 Å². The molecule has 0 heterocycles. The molecule has 0 radical (unpaired) electrons. The molecule has 0 amide bonds. The highest BCUT2D eigenvalue weighted by molar-refractivity contribution is 5.83. The first-order valence-electron chi connectivity index (χ1n) is 14.2. The number of unbranched alkanes of at least 4 members (excludes halogenated alkanes) is 4. The van der Waals surface area contributed by atoms with Gasteiger partial charge < -0.3 is 10.2 Å². The van der Waals surface area contributed by atoms with Crippen LogP contribution in [0.5, 0.6) is 0 Å². The van der Waals surface area contributed by atoms with E-state index in [4.69, 9.17) is 5.11 Å². The third-order valence-corrected chi connectivity index (χ3v) is 8.94. The molecule has 188 valence electrons. The molecule has 0 aromatic rings. The van der Waals surface area contributed by atoms with Crippen molar-refractivity contribution in [3.8, 4) is 0 Å². The summed E-state index contributed by atoms with van der Waals surface area (Å²) in [4.78, 5) is 22.9. The molecule has 3 saturated carbocycles. The van der Waals surface area contributed by atoms with Crippen molar-refractivity contribution in [2.24, 2.45) is 29.6 Å². The maximum atomic E-state index is 12.3. The minimum atomic E-state index is -0.725. The van der Waals surface area contributed by atoms with Crippen molar-refractivity contribution < 1.29 is 19.8 Å². The van der Waals surface area contributed by atoms with Gasteiger partial charge in [0.25, 0.3) is 0 Å². The summed E-state index contributed by atoms with van der Waals surface area (Å²) in [5, 5.41) is 19.2. The van der Waals surface area contributed by atoms with Crippen molar-refractivity contribution in [3.63, 3.8) is 0 Å². The quantitative estimate of drug-likeness (QED) is 0.214. The molecule has 2 N–H and O–H groups in total. The van der Waals surface area contributed by atoms with Crippen molar-refractivity contribution in [2.45, 2.75) is 128 Å². The van der Waals surface area contributed by atoms with Gasteiger partial charge in [-0.05, 0) is 55.8 Å². The van der Waals surface area contributed by atoms with Gasteiger partial charge in [0.05, 0.1) is 6.10 Å². The smallest absolute Gasteiger partial charge is 0.303 e. The number of carboxylic acids is 1. The molecule has 0 bridgehead atoms. The number of Topliss-reactive ketones (excluding diaryl/α,β-unsaturated/α-hetero) is 1. The van der Waals surface area contributed by atoms with E-state index in [1.54, 1.807) is 0 Å². The van der Waals surface area contributed by atoms with Crippen LogP contribution in [0.15, 0.2) is 12.2 Å². The molecular weight excluding hydrogens is 412 g/mol. The average Bonchev–Trinajstić information content (AvgIpc) is 3.16. The van der Waals surface area contributed by atoms with E-state index in [0.29, 0.717) is 12.2 Å². The Labute approximate surface area is 201 Å². The lowest BCUT2D eigenvalue weighted by Gasteiger charge is -2.41. The maximum absolute atomic E-state index is 12.3. The number of aliphatic carboxylic acids is 1. The fourth-order valence-corrected chi connectivity index (χ4v) is 7.09. The summed E-state index contributed by atoms with van der Waals surface area (Å²) in [5.74, 6) is 2.96. The zero-order valence-electron chi connectivity index (χ0n) is 20.8. The summed E-state index contributed by atoms with van der Waals surface area (Å²) in [6, 6.07) is 0. The highest BCUT2D eigenvalue weighted by Crippen LogP contribution is 2.45. The first kappa shape index (κ1) is 26.4. The van der Waals surface area contributed by atoms with Crippen LogP contribution in [0.1, 0.15) is 122 Å². The molecule has 0 saturated heterocycles. The van der Waals surface area contributed by atoms with Crippen molar-refractivity contribution in [1.29, 1.82) is 0 Å². The summed E-state index contributed by atoms with van der Waals surface area (Å²) in [5.41, 5.74) is 0. The van der Waals surface area contributed by atoms with Crippen LogP contribution < -0.4 is 0 Å². The van der Waals surface area contributed by atoms with Crippen molar-refractivity contribution in [2.75, 3.05) is 0 Å². The van der Waals surface area contributed by atoms with E-state index in [0.717, 1.165) is 69.1 Å². The summed E-state index contributed by atoms with van der Waals surface area (Å²) in [7, 11) is 0. The van der Waals surface area contributed by atoms with E-state index in [1.165, 1.54) is 57.8 Å². The van der Waals surface area contributed by atoms with Gasteiger partial charge in [-0.2, -0.15) is 0 Å². The number of hydrogen-bond donors (Lipinski definition) is 2. The highest BCUT2D eigenvalue weighted by atomic mass is 16.4. The summed E-state index contributed by atoms with van der Waals surface area (Å²) < 4.78 is 0. The minimum absolute atomic E-state index is 0.0997. The Morgan fingerprint density at radius 2 is 1.67 bits per heavy atom. The third kappa shape index (κ3) is 8.85. The summed E-state index contributed by atoms with van der Waals surface area (Å²) in [6.45, 7) is 0. The van der Waals surface area contributed by atoms with E-state index in [2.05, 4.69) is 6.08 Å². The zero-order chi connectivity index (χ0) is 23.5. The van der Waals surface area contributed by atoms with Crippen LogP contribution in [0.3, 0.4) is 0 Å². The molecule has 4 heteroatoms. The number of ketones is 1. The molecule has 33 heavy (non-hydrogen) atoms. The van der Waals surface area contributed by atoms with Gasteiger partial charge in [0.1, 0.15) is 5.78 Å².